The van der Waals surface area contributed by atoms with Crippen molar-refractivity contribution >= 4 is 38.1 Å². The van der Waals surface area contributed by atoms with Gasteiger partial charge in [0.1, 0.15) is 5.75 Å². The zero-order chi connectivity index (χ0) is 21.0. The van der Waals surface area contributed by atoms with Crippen LogP contribution in [0.2, 0.25) is 0 Å². The summed E-state index contributed by atoms with van der Waals surface area (Å²) in [6.07, 6.45) is -0.120. The van der Waals surface area contributed by atoms with Gasteiger partial charge < -0.3 is 4.74 Å². The second kappa shape index (κ2) is 8.58. The van der Waals surface area contributed by atoms with E-state index in [1.165, 1.54) is 0 Å². The smallest absolute Gasteiger partial charge is 0.291 e. The monoisotopic (exact) mass is 432 g/mol. The van der Waals surface area contributed by atoms with Gasteiger partial charge in [-0.2, -0.15) is 8.42 Å². The molecule has 0 aliphatic rings. The first kappa shape index (κ1) is 20.7. The number of ether oxygens (including phenoxy) is 1. The SMILES string of the molecule is Cc1ccccc1C(=O)Nc1nnc(S(=O)(=O)Nc2ccccc2OC(C)C)s1. The van der Waals surface area contributed by atoms with E-state index in [0.29, 0.717) is 17.0 Å². The third kappa shape index (κ3) is 5.09. The van der Waals surface area contributed by atoms with Crippen molar-refractivity contribution in [3.63, 3.8) is 0 Å². The lowest BCUT2D eigenvalue weighted by Gasteiger charge is -2.14. The quantitative estimate of drug-likeness (QED) is 0.551. The molecule has 0 saturated carbocycles. The van der Waals surface area contributed by atoms with E-state index in [4.69, 9.17) is 4.74 Å². The van der Waals surface area contributed by atoms with E-state index in [1.54, 1.807) is 36.4 Å². The number of para-hydroxylation sites is 2. The highest BCUT2D eigenvalue weighted by Crippen LogP contribution is 2.29. The van der Waals surface area contributed by atoms with Crippen LogP contribution in [0.3, 0.4) is 0 Å². The van der Waals surface area contributed by atoms with E-state index >= 15 is 0 Å². The lowest BCUT2D eigenvalue weighted by molar-refractivity contribution is 0.102. The predicted molar refractivity (Wildman–Crippen MR) is 112 cm³/mol. The number of nitrogens with zero attached hydrogens (tertiary/aromatic N) is 2. The van der Waals surface area contributed by atoms with Crippen LogP contribution in [0.15, 0.2) is 52.9 Å². The Labute approximate surface area is 173 Å². The summed E-state index contributed by atoms with van der Waals surface area (Å²) in [6, 6.07) is 13.8. The Kier molecular flexibility index (Phi) is 6.14. The van der Waals surface area contributed by atoms with Gasteiger partial charge >= 0.3 is 0 Å². The summed E-state index contributed by atoms with van der Waals surface area (Å²) in [4.78, 5) is 12.4. The average molecular weight is 433 g/mol. The molecule has 3 aromatic rings. The minimum atomic E-state index is -4.00. The molecular weight excluding hydrogens is 412 g/mol. The number of anilines is 2. The molecule has 1 amide bonds. The third-order valence-electron chi connectivity index (χ3n) is 3.74. The first-order valence-corrected chi connectivity index (χ1v) is 11.1. The Balaban J connectivity index is 1.78. The maximum Gasteiger partial charge on any atom is 0.291 e. The highest BCUT2D eigenvalue weighted by Gasteiger charge is 2.23. The van der Waals surface area contributed by atoms with Crippen molar-refractivity contribution in [1.82, 2.24) is 10.2 Å². The van der Waals surface area contributed by atoms with Crippen LogP contribution >= 0.6 is 11.3 Å². The number of sulfonamides is 1. The van der Waals surface area contributed by atoms with Gasteiger partial charge in [0, 0.05) is 5.56 Å². The van der Waals surface area contributed by atoms with Crippen LogP contribution in [0.25, 0.3) is 0 Å². The first-order valence-electron chi connectivity index (χ1n) is 8.75. The van der Waals surface area contributed by atoms with Crippen molar-refractivity contribution in [2.24, 2.45) is 0 Å². The molecule has 2 N–H and O–H groups in total. The van der Waals surface area contributed by atoms with Gasteiger partial charge in [-0.25, -0.2) is 0 Å². The summed E-state index contributed by atoms with van der Waals surface area (Å²) in [7, 11) is -4.00. The summed E-state index contributed by atoms with van der Waals surface area (Å²) in [6.45, 7) is 5.50. The fourth-order valence-electron chi connectivity index (χ4n) is 2.46. The van der Waals surface area contributed by atoms with E-state index < -0.39 is 10.0 Å². The fraction of sp³-hybridized carbons (Fsp3) is 0.211. The van der Waals surface area contributed by atoms with Gasteiger partial charge in [0.2, 0.25) is 5.13 Å². The molecular formula is C19H20N4O4S2. The molecule has 0 aliphatic heterocycles. The number of carbonyl (C=O) groups excluding carboxylic acids is 1. The molecule has 0 aliphatic carbocycles. The van der Waals surface area contributed by atoms with Gasteiger partial charge in [0.25, 0.3) is 20.3 Å². The van der Waals surface area contributed by atoms with Crippen molar-refractivity contribution < 1.29 is 17.9 Å². The number of rotatable bonds is 7. The van der Waals surface area contributed by atoms with Gasteiger partial charge in [0.05, 0.1) is 11.8 Å². The number of aromatic nitrogens is 2. The van der Waals surface area contributed by atoms with Gasteiger partial charge in [-0.05, 0) is 44.5 Å². The van der Waals surface area contributed by atoms with Gasteiger partial charge in [-0.15, -0.1) is 10.2 Å². The highest BCUT2D eigenvalue weighted by atomic mass is 32.2. The van der Waals surface area contributed by atoms with Crippen LogP contribution in [-0.2, 0) is 10.0 Å². The van der Waals surface area contributed by atoms with Crippen LogP contribution < -0.4 is 14.8 Å². The molecule has 0 radical (unpaired) electrons. The minimum absolute atomic E-state index is 0.0883. The molecule has 1 aromatic heterocycles. The van der Waals surface area contributed by atoms with E-state index in [2.05, 4.69) is 20.2 Å². The average Bonchev–Trinajstić information content (AvgIpc) is 3.12. The van der Waals surface area contributed by atoms with Crippen LogP contribution in [-0.4, -0.2) is 30.6 Å². The number of amides is 1. The van der Waals surface area contributed by atoms with E-state index in [-0.39, 0.29) is 21.5 Å². The normalized spacial score (nSPS) is 11.3. The number of hydrogen-bond acceptors (Lipinski definition) is 7. The number of nitrogens with one attached hydrogen (secondary N) is 2. The van der Waals surface area contributed by atoms with Crippen LogP contribution in [0.4, 0.5) is 10.8 Å². The Morgan fingerprint density at radius 3 is 2.48 bits per heavy atom. The van der Waals surface area contributed by atoms with E-state index in [9.17, 15) is 13.2 Å². The standard InChI is InChI=1S/C19H20N4O4S2/c1-12(2)27-16-11-7-6-10-15(16)23-29(25,26)19-22-21-18(28-19)20-17(24)14-9-5-4-8-13(14)3/h4-12,23H,1-3H3,(H,20,21,24). The summed E-state index contributed by atoms with van der Waals surface area (Å²) in [5.41, 5.74) is 1.57. The molecule has 0 atom stereocenters. The second-order valence-corrected chi connectivity index (χ2v) is 9.24. The van der Waals surface area contributed by atoms with Crippen molar-refractivity contribution in [3.8, 4) is 5.75 Å². The summed E-state index contributed by atoms with van der Waals surface area (Å²) in [5.74, 6) is 0.0236. The Bertz CT molecular complexity index is 1130. The molecule has 29 heavy (non-hydrogen) atoms. The lowest BCUT2D eigenvalue weighted by atomic mass is 10.1. The van der Waals surface area contributed by atoms with E-state index in [1.807, 2.05) is 32.9 Å². The van der Waals surface area contributed by atoms with Gasteiger partial charge in [0.15, 0.2) is 0 Å². The summed E-state index contributed by atoms with van der Waals surface area (Å²) in [5, 5.41) is 10.2. The molecule has 3 rings (SSSR count). The number of hydrogen-bond donors (Lipinski definition) is 2. The molecule has 10 heteroatoms. The summed E-state index contributed by atoms with van der Waals surface area (Å²) < 4.78 is 33.2. The maximum absolute atomic E-state index is 12.7. The summed E-state index contributed by atoms with van der Waals surface area (Å²) >= 11 is 0.762. The van der Waals surface area contributed by atoms with Crippen molar-refractivity contribution in [3.05, 3.63) is 59.7 Å². The number of benzene rings is 2. The molecule has 0 saturated heterocycles. The van der Waals surface area contributed by atoms with Crippen molar-refractivity contribution in [1.29, 1.82) is 0 Å². The Morgan fingerprint density at radius 2 is 1.76 bits per heavy atom. The lowest BCUT2D eigenvalue weighted by Crippen LogP contribution is -2.15. The minimum Gasteiger partial charge on any atom is -0.489 e. The number of aryl methyl sites for hydroxylation is 1. The van der Waals surface area contributed by atoms with Crippen molar-refractivity contribution in [2.75, 3.05) is 10.0 Å². The topological polar surface area (TPSA) is 110 Å². The van der Waals surface area contributed by atoms with E-state index in [0.717, 1.165) is 16.9 Å². The number of carbonyl (C=O) groups is 1. The largest absolute Gasteiger partial charge is 0.489 e. The molecule has 152 valence electrons. The predicted octanol–water partition coefficient (Wildman–Crippen LogP) is 3.69. The van der Waals surface area contributed by atoms with Crippen LogP contribution in [0.1, 0.15) is 29.8 Å². The van der Waals surface area contributed by atoms with Gasteiger partial charge in [-0.3, -0.25) is 14.8 Å². The first-order chi connectivity index (χ1) is 13.8. The molecule has 0 fully saturated rings. The molecule has 1 heterocycles. The zero-order valence-electron chi connectivity index (χ0n) is 16.0. The van der Waals surface area contributed by atoms with Crippen LogP contribution in [0.5, 0.6) is 5.75 Å². The zero-order valence-corrected chi connectivity index (χ0v) is 17.7. The van der Waals surface area contributed by atoms with Gasteiger partial charge in [-0.1, -0.05) is 41.7 Å². The molecule has 0 spiro atoms. The second-order valence-electron chi connectivity index (χ2n) is 6.41. The molecule has 2 aromatic carbocycles. The molecule has 0 unspecified atom stereocenters. The Morgan fingerprint density at radius 1 is 1.07 bits per heavy atom. The molecule has 0 bridgehead atoms. The third-order valence-corrected chi connectivity index (χ3v) is 6.31. The van der Waals surface area contributed by atoms with Crippen LogP contribution in [0, 0.1) is 6.92 Å². The molecule has 8 nitrogen and oxygen atoms in total. The highest BCUT2D eigenvalue weighted by molar-refractivity contribution is 7.94. The Hall–Kier alpha value is -2.98. The fourth-order valence-corrected chi connectivity index (χ4v) is 4.42. The van der Waals surface area contributed by atoms with Crippen molar-refractivity contribution in [2.45, 2.75) is 31.2 Å². The maximum atomic E-state index is 12.7.